The number of amides is 1. The van der Waals surface area contributed by atoms with Crippen LogP contribution in [0.4, 0.5) is 4.79 Å². The van der Waals surface area contributed by atoms with Gasteiger partial charge in [0, 0.05) is 23.1 Å². The summed E-state index contributed by atoms with van der Waals surface area (Å²) >= 11 is 0. The van der Waals surface area contributed by atoms with Gasteiger partial charge in [-0.1, -0.05) is 25.0 Å². The summed E-state index contributed by atoms with van der Waals surface area (Å²) in [5.41, 5.74) is 4.68. The third kappa shape index (κ3) is 4.36. The van der Waals surface area contributed by atoms with Gasteiger partial charge in [-0.05, 0) is 70.1 Å². The zero-order valence-electron chi connectivity index (χ0n) is 15.9. The fraction of sp³-hybridized carbons (Fsp3) is 0.571. The molecule has 2 aromatic rings. The van der Waals surface area contributed by atoms with E-state index in [1.807, 2.05) is 20.8 Å². The van der Waals surface area contributed by atoms with Crippen LogP contribution in [0.5, 0.6) is 0 Å². The van der Waals surface area contributed by atoms with Gasteiger partial charge in [0.2, 0.25) is 0 Å². The Bertz CT molecular complexity index is 749. The molecule has 0 aliphatic heterocycles. The van der Waals surface area contributed by atoms with Crippen molar-refractivity contribution in [1.29, 1.82) is 0 Å². The Kier molecular flexibility index (Phi) is 5.07. The topological polar surface area (TPSA) is 54.1 Å². The van der Waals surface area contributed by atoms with Gasteiger partial charge < -0.3 is 15.0 Å². The molecule has 3 rings (SSSR count). The van der Waals surface area contributed by atoms with E-state index in [0.717, 1.165) is 12.3 Å². The smallest absolute Gasteiger partial charge is 0.407 e. The summed E-state index contributed by atoms with van der Waals surface area (Å²) in [6.07, 6.45) is 5.79. The highest BCUT2D eigenvalue weighted by molar-refractivity contribution is 5.85. The molecule has 1 aromatic carbocycles. The first-order valence-electron chi connectivity index (χ1n) is 9.41. The third-order valence-corrected chi connectivity index (χ3v) is 5.01. The van der Waals surface area contributed by atoms with Crippen molar-refractivity contribution in [2.45, 2.75) is 71.3 Å². The number of hydrogen-bond acceptors (Lipinski definition) is 2. The molecule has 0 atom stereocenters. The standard InChI is InChI=1S/C21H30N2O2/c1-14-17(11-12-22-20(24)25-21(2,3)4)18-10-9-16(13-19(18)23-14)15-7-5-6-8-15/h9-10,13,15,23H,5-8,11-12H2,1-4H3,(H,22,24). The molecule has 1 amide bonds. The quantitative estimate of drug-likeness (QED) is 0.802. The number of fused-ring (bicyclic) bond motifs is 1. The number of benzene rings is 1. The Labute approximate surface area is 150 Å². The molecule has 25 heavy (non-hydrogen) atoms. The Morgan fingerprint density at radius 1 is 1.28 bits per heavy atom. The number of nitrogens with one attached hydrogen (secondary N) is 2. The molecule has 1 heterocycles. The van der Waals surface area contributed by atoms with Crippen molar-refractivity contribution < 1.29 is 9.53 Å². The number of alkyl carbamates (subject to hydrolysis) is 1. The first-order chi connectivity index (χ1) is 11.8. The second-order valence-corrected chi connectivity index (χ2v) is 8.19. The first kappa shape index (κ1) is 17.8. The normalized spacial score (nSPS) is 15.7. The third-order valence-electron chi connectivity index (χ3n) is 5.01. The molecule has 4 nitrogen and oxygen atoms in total. The molecular weight excluding hydrogens is 312 g/mol. The van der Waals surface area contributed by atoms with Gasteiger partial charge in [-0.2, -0.15) is 0 Å². The number of carbonyl (C=O) groups is 1. The van der Waals surface area contributed by atoms with Crippen LogP contribution in [-0.4, -0.2) is 23.2 Å². The largest absolute Gasteiger partial charge is 0.444 e. The maximum atomic E-state index is 11.8. The van der Waals surface area contributed by atoms with E-state index in [1.165, 1.54) is 53.4 Å². The molecular formula is C21H30N2O2. The Balaban J connectivity index is 1.67. The van der Waals surface area contributed by atoms with Crippen LogP contribution in [0.25, 0.3) is 10.9 Å². The first-order valence-corrected chi connectivity index (χ1v) is 9.41. The highest BCUT2D eigenvalue weighted by Gasteiger charge is 2.19. The Morgan fingerprint density at radius 3 is 2.68 bits per heavy atom. The molecule has 4 heteroatoms. The number of hydrogen-bond donors (Lipinski definition) is 2. The van der Waals surface area contributed by atoms with Crippen LogP contribution in [-0.2, 0) is 11.2 Å². The number of carbonyl (C=O) groups excluding carboxylic acids is 1. The van der Waals surface area contributed by atoms with Crippen molar-refractivity contribution in [3.8, 4) is 0 Å². The van der Waals surface area contributed by atoms with Crippen molar-refractivity contribution in [2.24, 2.45) is 0 Å². The second kappa shape index (κ2) is 7.11. The van der Waals surface area contributed by atoms with Gasteiger partial charge >= 0.3 is 6.09 Å². The van der Waals surface area contributed by atoms with E-state index in [0.29, 0.717) is 6.54 Å². The highest BCUT2D eigenvalue weighted by atomic mass is 16.6. The summed E-state index contributed by atoms with van der Waals surface area (Å²) in [6.45, 7) is 8.31. The maximum absolute atomic E-state index is 11.8. The molecule has 1 fully saturated rings. The minimum absolute atomic E-state index is 0.353. The van der Waals surface area contributed by atoms with Gasteiger partial charge in [0.25, 0.3) is 0 Å². The number of aromatic nitrogens is 1. The van der Waals surface area contributed by atoms with E-state index in [2.05, 4.69) is 35.4 Å². The van der Waals surface area contributed by atoms with E-state index >= 15 is 0 Å². The Hall–Kier alpha value is -1.97. The van der Waals surface area contributed by atoms with E-state index < -0.39 is 5.60 Å². The number of aromatic amines is 1. The van der Waals surface area contributed by atoms with Gasteiger partial charge in [-0.15, -0.1) is 0 Å². The lowest BCUT2D eigenvalue weighted by molar-refractivity contribution is 0.0528. The van der Waals surface area contributed by atoms with Crippen LogP contribution >= 0.6 is 0 Å². The number of aryl methyl sites for hydroxylation is 1. The van der Waals surface area contributed by atoms with Crippen LogP contribution in [0.15, 0.2) is 18.2 Å². The number of ether oxygens (including phenoxy) is 1. The van der Waals surface area contributed by atoms with Crippen LogP contribution in [0, 0.1) is 6.92 Å². The SMILES string of the molecule is Cc1[nH]c2cc(C3CCCC3)ccc2c1CCNC(=O)OC(C)(C)C. The van der Waals surface area contributed by atoms with Crippen LogP contribution in [0.1, 0.15) is 69.2 Å². The van der Waals surface area contributed by atoms with E-state index in [1.54, 1.807) is 0 Å². The van der Waals surface area contributed by atoms with Gasteiger partial charge in [0.05, 0.1) is 0 Å². The summed E-state index contributed by atoms with van der Waals surface area (Å²) in [5.74, 6) is 0.727. The average molecular weight is 342 g/mol. The molecule has 0 saturated heterocycles. The average Bonchev–Trinajstić information content (AvgIpc) is 3.13. The lowest BCUT2D eigenvalue weighted by Gasteiger charge is -2.19. The van der Waals surface area contributed by atoms with Crippen LogP contribution in [0.2, 0.25) is 0 Å². The minimum atomic E-state index is -0.461. The fourth-order valence-corrected chi connectivity index (χ4v) is 3.85. The molecule has 0 spiro atoms. The van der Waals surface area contributed by atoms with Gasteiger partial charge in [-0.3, -0.25) is 0 Å². The van der Waals surface area contributed by atoms with Crippen molar-refractivity contribution in [1.82, 2.24) is 10.3 Å². The van der Waals surface area contributed by atoms with Crippen LogP contribution in [0.3, 0.4) is 0 Å². The molecule has 0 unspecified atom stereocenters. The summed E-state index contributed by atoms with van der Waals surface area (Å²) in [7, 11) is 0. The van der Waals surface area contributed by atoms with Crippen LogP contribution < -0.4 is 5.32 Å². The molecule has 1 saturated carbocycles. The zero-order valence-corrected chi connectivity index (χ0v) is 15.9. The zero-order chi connectivity index (χ0) is 18.0. The van der Waals surface area contributed by atoms with Gasteiger partial charge in [0.1, 0.15) is 5.60 Å². The summed E-state index contributed by atoms with van der Waals surface area (Å²) in [4.78, 5) is 15.3. The van der Waals surface area contributed by atoms with Crippen molar-refractivity contribution in [2.75, 3.05) is 6.54 Å². The van der Waals surface area contributed by atoms with E-state index in [-0.39, 0.29) is 6.09 Å². The highest BCUT2D eigenvalue weighted by Crippen LogP contribution is 2.36. The van der Waals surface area contributed by atoms with Gasteiger partial charge in [-0.25, -0.2) is 4.79 Å². The molecule has 1 aliphatic carbocycles. The molecule has 2 N–H and O–H groups in total. The molecule has 0 bridgehead atoms. The van der Waals surface area contributed by atoms with Crippen molar-refractivity contribution >= 4 is 17.0 Å². The molecule has 1 aromatic heterocycles. The molecule has 1 aliphatic rings. The maximum Gasteiger partial charge on any atom is 0.407 e. The van der Waals surface area contributed by atoms with E-state index in [4.69, 9.17) is 4.74 Å². The Morgan fingerprint density at radius 2 is 2.00 bits per heavy atom. The van der Waals surface area contributed by atoms with E-state index in [9.17, 15) is 4.79 Å². The molecule has 0 radical (unpaired) electrons. The number of rotatable bonds is 4. The van der Waals surface area contributed by atoms with Crippen molar-refractivity contribution in [3.05, 3.63) is 35.0 Å². The van der Waals surface area contributed by atoms with Gasteiger partial charge in [0.15, 0.2) is 0 Å². The minimum Gasteiger partial charge on any atom is -0.444 e. The summed E-state index contributed by atoms with van der Waals surface area (Å²) in [6, 6.07) is 6.86. The summed E-state index contributed by atoms with van der Waals surface area (Å²) < 4.78 is 5.29. The molecule has 136 valence electrons. The lowest BCUT2D eigenvalue weighted by atomic mass is 9.96. The van der Waals surface area contributed by atoms with Crippen molar-refractivity contribution in [3.63, 3.8) is 0 Å². The summed E-state index contributed by atoms with van der Waals surface area (Å²) in [5, 5.41) is 4.12. The predicted molar refractivity (Wildman–Crippen MR) is 102 cm³/mol. The second-order valence-electron chi connectivity index (χ2n) is 8.19. The number of H-pyrrole nitrogens is 1. The monoisotopic (exact) mass is 342 g/mol. The predicted octanol–water partition coefficient (Wildman–Crippen LogP) is 5.20. The fourth-order valence-electron chi connectivity index (χ4n) is 3.85. The lowest BCUT2D eigenvalue weighted by Crippen LogP contribution is -2.33.